The molecule has 1 aliphatic rings. The van der Waals surface area contributed by atoms with Crippen molar-refractivity contribution in [1.29, 1.82) is 0 Å². The van der Waals surface area contributed by atoms with Crippen LogP contribution >= 0.6 is 12.4 Å². The minimum atomic E-state index is -0.221. The summed E-state index contributed by atoms with van der Waals surface area (Å²) in [6.07, 6.45) is 0.905. The fourth-order valence-corrected chi connectivity index (χ4v) is 2.54. The summed E-state index contributed by atoms with van der Waals surface area (Å²) in [6, 6.07) is 9.08. The number of carbonyl (C=O) groups is 1. The van der Waals surface area contributed by atoms with Gasteiger partial charge in [0.2, 0.25) is 0 Å². The number of nitrogens with zero attached hydrogens (tertiary/aromatic N) is 3. The molecule has 1 aromatic carbocycles. The standard InChI is InChI=1S/C15H18N4O2.ClH/c1-11-17-14(21-18-11)13-10-16-8-5-9-19(13)15(20)12-6-3-2-4-7-12;/h2-4,6-7,13,16H,5,8-10H2,1H3;1H. The normalized spacial score (nSPS) is 18.4. The minimum absolute atomic E-state index is 0. The number of aromatic nitrogens is 2. The van der Waals surface area contributed by atoms with Gasteiger partial charge in [0.15, 0.2) is 5.82 Å². The fraction of sp³-hybridized carbons (Fsp3) is 0.400. The van der Waals surface area contributed by atoms with Crippen molar-refractivity contribution in [2.45, 2.75) is 19.4 Å². The summed E-state index contributed by atoms with van der Waals surface area (Å²) < 4.78 is 5.28. The first-order valence-electron chi connectivity index (χ1n) is 7.12. The number of amides is 1. The molecular weight excluding hydrogens is 304 g/mol. The zero-order valence-electron chi connectivity index (χ0n) is 12.4. The van der Waals surface area contributed by atoms with Crippen LogP contribution in [0, 0.1) is 6.92 Å². The van der Waals surface area contributed by atoms with Crippen molar-refractivity contribution in [3.8, 4) is 0 Å². The molecule has 1 N–H and O–H groups in total. The molecule has 0 radical (unpaired) electrons. The second-order valence-corrected chi connectivity index (χ2v) is 5.12. The van der Waals surface area contributed by atoms with Crippen molar-refractivity contribution in [3.05, 3.63) is 47.6 Å². The number of halogens is 1. The van der Waals surface area contributed by atoms with Gasteiger partial charge in [0.1, 0.15) is 6.04 Å². The maximum atomic E-state index is 12.8. The van der Waals surface area contributed by atoms with E-state index in [2.05, 4.69) is 15.5 Å². The Morgan fingerprint density at radius 2 is 2.14 bits per heavy atom. The van der Waals surface area contributed by atoms with E-state index in [0.717, 1.165) is 13.0 Å². The van der Waals surface area contributed by atoms with E-state index in [1.54, 1.807) is 6.92 Å². The van der Waals surface area contributed by atoms with Crippen molar-refractivity contribution in [2.75, 3.05) is 19.6 Å². The zero-order valence-corrected chi connectivity index (χ0v) is 13.2. The number of rotatable bonds is 2. The third-order valence-electron chi connectivity index (χ3n) is 3.58. The van der Waals surface area contributed by atoms with Crippen LogP contribution in [0.15, 0.2) is 34.9 Å². The van der Waals surface area contributed by atoms with Gasteiger partial charge in [-0.2, -0.15) is 4.98 Å². The van der Waals surface area contributed by atoms with Crippen LogP contribution in [-0.2, 0) is 0 Å². The Morgan fingerprint density at radius 1 is 1.36 bits per heavy atom. The summed E-state index contributed by atoms with van der Waals surface area (Å²) in [5.74, 6) is 1.08. The van der Waals surface area contributed by atoms with Crippen LogP contribution in [0.3, 0.4) is 0 Å². The Labute approximate surface area is 135 Å². The Hall–Kier alpha value is -1.92. The van der Waals surface area contributed by atoms with Gasteiger partial charge in [-0.1, -0.05) is 23.4 Å². The van der Waals surface area contributed by atoms with Crippen LogP contribution in [0.1, 0.15) is 34.5 Å². The van der Waals surface area contributed by atoms with Crippen molar-refractivity contribution in [3.63, 3.8) is 0 Å². The van der Waals surface area contributed by atoms with Gasteiger partial charge in [-0.25, -0.2) is 0 Å². The predicted molar refractivity (Wildman–Crippen MR) is 84.0 cm³/mol. The highest BCUT2D eigenvalue weighted by Gasteiger charge is 2.31. The molecule has 118 valence electrons. The Morgan fingerprint density at radius 3 is 2.82 bits per heavy atom. The smallest absolute Gasteiger partial charge is 0.254 e. The molecule has 0 saturated carbocycles. The van der Waals surface area contributed by atoms with Crippen molar-refractivity contribution in [1.82, 2.24) is 20.4 Å². The zero-order chi connectivity index (χ0) is 14.7. The molecular formula is C15H19ClN4O2. The van der Waals surface area contributed by atoms with Crippen LogP contribution in [-0.4, -0.2) is 40.6 Å². The highest BCUT2D eigenvalue weighted by atomic mass is 35.5. The van der Waals surface area contributed by atoms with Crippen LogP contribution < -0.4 is 5.32 Å². The van der Waals surface area contributed by atoms with E-state index in [-0.39, 0.29) is 24.4 Å². The molecule has 22 heavy (non-hydrogen) atoms. The molecule has 0 bridgehead atoms. The summed E-state index contributed by atoms with van der Waals surface area (Å²) in [7, 11) is 0. The molecule has 0 aliphatic carbocycles. The number of hydrogen-bond acceptors (Lipinski definition) is 5. The van der Waals surface area contributed by atoms with E-state index in [1.165, 1.54) is 0 Å². The van der Waals surface area contributed by atoms with Gasteiger partial charge < -0.3 is 14.7 Å². The van der Waals surface area contributed by atoms with Crippen LogP contribution in [0.4, 0.5) is 0 Å². The number of hydrogen-bond donors (Lipinski definition) is 1. The lowest BCUT2D eigenvalue weighted by Crippen LogP contribution is -2.37. The highest BCUT2D eigenvalue weighted by Crippen LogP contribution is 2.23. The number of aryl methyl sites for hydroxylation is 1. The van der Waals surface area contributed by atoms with E-state index in [9.17, 15) is 4.79 Å². The molecule has 3 rings (SSSR count). The van der Waals surface area contributed by atoms with Crippen molar-refractivity contribution in [2.24, 2.45) is 0 Å². The average molecular weight is 323 g/mol. The molecule has 1 aliphatic heterocycles. The predicted octanol–water partition coefficient (Wildman–Crippen LogP) is 1.98. The van der Waals surface area contributed by atoms with Crippen molar-refractivity contribution >= 4 is 18.3 Å². The first-order chi connectivity index (χ1) is 10.3. The maximum absolute atomic E-state index is 12.8. The lowest BCUT2D eigenvalue weighted by molar-refractivity contribution is 0.0657. The van der Waals surface area contributed by atoms with Crippen LogP contribution in [0.5, 0.6) is 0 Å². The van der Waals surface area contributed by atoms with Gasteiger partial charge in [-0.15, -0.1) is 12.4 Å². The van der Waals surface area contributed by atoms with E-state index in [4.69, 9.17) is 4.52 Å². The average Bonchev–Trinajstić information content (AvgIpc) is 2.80. The molecule has 0 spiro atoms. The number of nitrogens with one attached hydrogen (secondary N) is 1. The molecule has 6 nitrogen and oxygen atoms in total. The van der Waals surface area contributed by atoms with E-state index >= 15 is 0 Å². The summed E-state index contributed by atoms with van der Waals surface area (Å²) in [5, 5.41) is 7.16. The molecule has 1 amide bonds. The molecule has 7 heteroatoms. The second-order valence-electron chi connectivity index (χ2n) is 5.12. The Bertz CT molecular complexity index is 617. The second kappa shape index (κ2) is 7.38. The molecule has 1 atom stereocenters. The first-order valence-corrected chi connectivity index (χ1v) is 7.12. The fourth-order valence-electron chi connectivity index (χ4n) is 2.54. The monoisotopic (exact) mass is 322 g/mol. The summed E-state index contributed by atoms with van der Waals surface area (Å²) in [4.78, 5) is 18.9. The molecule has 1 saturated heterocycles. The summed E-state index contributed by atoms with van der Waals surface area (Å²) in [5.41, 5.74) is 0.681. The number of benzene rings is 1. The van der Waals surface area contributed by atoms with Crippen LogP contribution in [0.2, 0.25) is 0 Å². The molecule has 1 aromatic heterocycles. The largest absolute Gasteiger partial charge is 0.337 e. The SMILES string of the molecule is Cc1noc(C2CNCCCN2C(=O)c2ccccc2)n1.Cl. The van der Waals surface area contributed by atoms with Gasteiger partial charge in [-0.3, -0.25) is 4.79 Å². The third kappa shape index (κ3) is 3.45. The number of carbonyl (C=O) groups excluding carboxylic acids is 1. The molecule has 2 heterocycles. The lowest BCUT2D eigenvalue weighted by atomic mass is 10.1. The molecule has 1 fully saturated rings. The molecule has 2 aromatic rings. The van der Waals surface area contributed by atoms with Gasteiger partial charge in [0, 0.05) is 18.7 Å². The lowest BCUT2D eigenvalue weighted by Gasteiger charge is -2.27. The van der Waals surface area contributed by atoms with Crippen molar-refractivity contribution < 1.29 is 9.32 Å². The van der Waals surface area contributed by atoms with Gasteiger partial charge >= 0.3 is 0 Å². The topological polar surface area (TPSA) is 71.3 Å². The van der Waals surface area contributed by atoms with E-state index in [1.807, 2.05) is 35.2 Å². The first kappa shape index (κ1) is 16.5. The quantitative estimate of drug-likeness (QED) is 0.915. The highest BCUT2D eigenvalue weighted by molar-refractivity contribution is 5.94. The Kier molecular flexibility index (Phi) is 5.51. The summed E-state index contributed by atoms with van der Waals surface area (Å²) >= 11 is 0. The van der Waals surface area contributed by atoms with E-state index < -0.39 is 0 Å². The third-order valence-corrected chi connectivity index (χ3v) is 3.58. The van der Waals surface area contributed by atoms with Gasteiger partial charge in [-0.05, 0) is 32.0 Å². The van der Waals surface area contributed by atoms with E-state index in [0.29, 0.717) is 30.4 Å². The van der Waals surface area contributed by atoms with Gasteiger partial charge in [0.05, 0.1) is 0 Å². The summed E-state index contributed by atoms with van der Waals surface area (Å²) in [6.45, 7) is 3.95. The molecule has 1 unspecified atom stereocenters. The van der Waals surface area contributed by atoms with Gasteiger partial charge in [0.25, 0.3) is 11.8 Å². The Balaban J connectivity index is 0.00000176. The minimum Gasteiger partial charge on any atom is -0.337 e. The van der Waals surface area contributed by atoms with Crippen LogP contribution in [0.25, 0.3) is 0 Å². The maximum Gasteiger partial charge on any atom is 0.254 e.